The highest BCUT2D eigenvalue weighted by Gasteiger charge is 2.15. The van der Waals surface area contributed by atoms with Gasteiger partial charge in [0.25, 0.3) is 0 Å². The van der Waals surface area contributed by atoms with Crippen molar-refractivity contribution in [1.29, 1.82) is 0 Å². The molecule has 0 saturated carbocycles. The van der Waals surface area contributed by atoms with E-state index in [-0.39, 0.29) is 12.2 Å². The maximum atomic E-state index is 6.07. The average Bonchev–Trinajstić information content (AvgIpc) is 3.18. The van der Waals surface area contributed by atoms with Crippen LogP contribution in [-0.4, -0.2) is 58.6 Å². The number of guanidine groups is 1. The zero-order valence-electron chi connectivity index (χ0n) is 16.4. The van der Waals surface area contributed by atoms with Gasteiger partial charge in [0.2, 0.25) is 0 Å². The van der Waals surface area contributed by atoms with Crippen LogP contribution in [0.1, 0.15) is 37.9 Å². The quantitative estimate of drug-likeness (QED) is 0.341. The summed E-state index contributed by atoms with van der Waals surface area (Å²) in [4.78, 5) is 4.64. The van der Waals surface area contributed by atoms with Crippen molar-refractivity contribution in [2.24, 2.45) is 4.99 Å². The van der Waals surface area contributed by atoms with Crippen LogP contribution in [0, 0.1) is 0 Å². The number of hydrogen-bond donors (Lipinski definition) is 2. The smallest absolute Gasteiger partial charge is 0.191 e. The van der Waals surface area contributed by atoms with Crippen LogP contribution in [0.2, 0.25) is 5.02 Å². The minimum Gasteiger partial charge on any atom is -0.379 e. The highest BCUT2D eigenvalue weighted by atomic mass is 35.5. The molecule has 0 amide bonds. The Morgan fingerprint density at radius 3 is 3.00 bits per heavy atom. The van der Waals surface area contributed by atoms with Crippen LogP contribution in [0.3, 0.4) is 0 Å². The second kappa shape index (κ2) is 12.9. The van der Waals surface area contributed by atoms with Crippen molar-refractivity contribution in [2.45, 2.75) is 38.4 Å². The van der Waals surface area contributed by atoms with Crippen LogP contribution in [0.15, 0.2) is 29.3 Å². The summed E-state index contributed by atoms with van der Waals surface area (Å²) in [5, 5.41) is 7.29. The fourth-order valence-electron chi connectivity index (χ4n) is 2.91. The van der Waals surface area contributed by atoms with Crippen LogP contribution < -0.4 is 10.6 Å². The van der Waals surface area contributed by atoms with Crippen LogP contribution in [0.5, 0.6) is 0 Å². The maximum absolute atomic E-state index is 6.07. The average molecular weight is 398 g/mol. The summed E-state index contributed by atoms with van der Waals surface area (Å²) >= 11 is 6.07. The second-order valence-electron chi connectivity index (χ2n) is 6.49. The molecule has 0 spiro atoms. The number of halogens is 1. The van der Waals surface area contributed by atoms with E-state index in [0.29, 0.717) is 18.2 Å². The van der Waals surface area contributed by atoms with Crippen LogP contribution >= 0.6 is 11.6 Å². The molecule has 152 valence electrons. The van der Waals surface area contributed by atoms with Crippen LogP contribution in [0.4, 0.5) is 0 Å². The third-order valence-electron chi connectivity index (χ3n) is 4.35. The first-order chi connectivity index (χ1) is 13.2. The van der Waals surface area contributed by atoms with Gasteiger partial charge in [-0.05, 0) is 43.9 Å². The van der Waals surface area contributed by atoms with Gasteiger partial charge in [0, 0.05) is 38.4 Å². The van der Waals surface area contributed by atoms with Crippen molar-refractivity contribution in [2.75, 3.05) is 46.6 Å². The Balaban J connectivity index is 1.71. The molecule has 6 nitrogen and oxygen atoms in total. The molecule has 0 aliphatic carbocycles. The van der Waals surface area contributed by atoms with Gasteiger partial charge in [-0.3, -0.25) is 4.99 Å². The van der Waals surface area contributed by atoms with Gasteiger partial charge in [0.15, 0.2) is 5.96 Å². The van der Waals surface area contributed by atoms with E-state index >= 15 is 0 Å². The Kier molecular flexibility index (Phi) is 10.5. The fraction of sp³-hybridized carbons (Fsp3) is 0.650. The molecule has 0 radical (unpaired) electrons. The van der Waals surface area contributed by atoms with Crippen molar-refractivity contribution in [3.05, 3.63) is 34.9 Å². The first-order valence-corrected chi connectivity index (χ1v) is 10.1. The molecule has 0 bridgehead atoms. The molecule has 1 aromatic carbocycles. The predicted octanol–water partition coefficient (Wildman–Crippen LogP) is 3.17. The summed E-state index contributed by atoms with van der Waals surface area (Å²) in [5.41, 5.74) is 1.02. The molecule has 2 rings (SSSR count). The molecule has 7 heteroatoms. The van der Waals surface area contributed by atoms with Gasteiger partial charge in [-0.25, -0.2) is 0 Å². The molecular formula is C20H32ClN3O3. The molecule has 2 N–H and O–H groups in total. The Bertz CT molecular complexity index is 565. The van der Waals surface area contributed by atoms with Crippen molar-refractivity contribution < 1.29 is 14.2 Å². The lowest BCUT2D eigenvalue weighted by molar-refractivity contribution is 0.0168. The molecular weight excluding hydrogens is 366 g/mol. The topological polar surface area (TPSA) is 64.1 Å². The number of aliphatic imine (C=N–C) groups is 1. The van der Waals surface area contributed by atoms with Crippen molar-refractivity contribution in [1.82, 2.24) is 10.6 Å². The van der Waals surface area contributed by atoms with E-state index in [2.05, 4.69) is 15.6 Å². The molecule has 1 saturated heterocycles. The van der Waals surface area contributed by atoms with E-state index in [1.165, 1.54) is 0 Å². The normalized spacial score (nSPS) is 18.5. The SMILES string of the molecule is CCNC(=NCC(OC)c1cccc(Cl)c1)NCCCOCC1CCCO1. The molecule has 2 atom stereocenters. The van der Waals surface area contributed by atoms with E-state index in [1.54, 1.807) is 7.11 Å². The fourth-order valence-corrected chi connectivity index (χ4v) is 3.11. The zero-order valence-corrected chi connectivity index (χ0v) is 17.1. The Labute approximate surface area is 167 Å². The van der Waals surface area contributed by atoms with Crippen LogP contribution in [0.25, 0.3) is 0 Å². The molecule has 2 unspecified atom stereocenters. The van der Waals surface area contributed by atoms with E-state index in [4.69, 9.17) is 25.8 Å². The minimum atomic E-state index is -0.131. The zero-order chi connectivity index (χ0) is 19.3. The third-order valence-corrected chi connectivity index (χ3v) is 4.59. The number of ether oxygens (including phenoxy) is 3. The Hall–Kier alpha value is -1.34. The summed E-state index contributed by atoms with van der Waals surface area (Å²) in [5.74, 6) is 0.778. The largest absolute Gasteiger partial charge is 0.379 e. The predicted molar refractivity (Wildman–Crippen MR) is 110 cm³/mol. The molecule has 1 fully saturated rings. The molecule has 1 aromatic rings. The molecule has 1 heterocycles. The number of methoxy groups -OCH3 is 1. The minimum absolute atomic E-state index is 0.131. The van der Waals surface area contributed by atoms with E-state index < -0.39 is 0 Å². The number of benzene rings is 1. The van der Waals surface area contributed by atoms with E-state index in [1.807, 2.05) is 31.2 Å². The second-order valence-corrected chi connectivity index (χ2v) is 6.93. The number of hydrogen-bond acceptors (Lipinski definition) is 4. The van der Waals surface area contributed by atoms with Crippen molar-refractivity contribution in [3.63, 3.8) is 0 Å². The highest BCUT2D eigenvalue weighted by molar-refractivity contribution is 6.30. The summed E-state index contributed by atoms with van der Waals surface area (Å²) in [7, 11) is 1.69. The number of nitrogens with zero attached hydrogens (tertiary/aromatic N) is 1. The van der Waals surface area contributed by atoms with Crippen molar-refractivity contribution in [3.8, 4) is 0 Å². The standard InChI is InChI=1S/C20H32ClN3O3/c1-3-22-20(23-10-6-11-26-15-18-9-5-12-27-18)24-14-19(25-2)16-7-4-8-17(21)13-16/h4,7-8,13,18-19H,3,5-6,9-12,14-15H2,1-2H3,(H2,22,23,24). The van der Waals surface area contributed by atoms with Gasteiger partial charge in [-0.15, -0.1) is 0 Å². The Morgan fingerprint density at radius 2 is 2.30 bits per heavy atom. The van der Waals surface area contributed by atoms with Crippen LogP contribution in [-0.2, 0) is 14.2 Å². The molecule has 1 aliphatic rings. The summed E-state index contributed by atoms with van der Waals surface area (Å²) in [6.07, 6.45) is 3.33. The van der Waals surface area contributed by atoms with Gasteiger partial charge in [-0.1, -0.05) is 23.7 Å². The maximum Gasteiger partial charge on any atom is 0.191 e. The van der Waals surface area contributed by atoms with Gasteiger partial charge < -0.3 is 24.8 Å². The van der Waals surface area contributed by atoms with E-state index in [0.717, 1.165) is 57.1 Å². The lowest BCUT2D eigenvalue weighted by Crippen LogP contribution is -2.38. The van der Waals surface area contributed by atoms with Gasteiger partial charge in [0.05, 0.1) is 19.3 Å². The van der Waals surface area contributed by atoms with Gasteiger partial charge in [0.1, 0.15) is 6.10 Å². The number of nitrogens with one attached hydrogen (secondary N) is 2. The lowest BCUT2D eigenvalue weighted by atomic mass is 10.1. The first-order valence-electron chi connectivity index (χ1n) is 9.72. The highest BCUT2D eigenvalue weighted by Crippen LogP contribution is 2.20. The van der Waals surface area contributed by atoms with E-state index in [9.17, 15) is 0 Å². The summed E-state index contributed by atoms with van der Waals surface area (Å²) in [6.45, 7) is 6.45. The molecule has 1 aliphatic heterocycles. The summed E-state index contributed by atoms with van der Waals surface area (Å²) < 4.78 is 16.8. The number of rotatable bonds is 11. The Morgan fingerprint density at radius 1 is 1.41 bits per heavy atom. The van der Waals surface area contributed by atoms with Gasteiger partial charge in [-0.2, -0.15) is 0 Å². The molecule has 27 heavy (non-hydrogen) atoms. The van der Waals surface area contributed by atoms with Gasteiger partial charge >= 0.3 is 0 Å². The lowest BCUT2D eigenvalue weighted by Gasteiger charge is -2.16. The monoisotopic (exact) mass is 397 g/mol. The summed E-state index contributed by atoms with van der Waals surface area (Å²) in [6, 6.07) is 7.69. The van der Waals surface area contributed by atoms with Crippen molar-refractivity contribution >= 4 is 17.6 Å². The third kappa shape index (κ3) is 8.47. The molecule has 0 aromatic heterocycles. The first kappa shape index (κ1) is 22.0.